The summed E-state index contributed by atoms with van der Waals surface area (Å²) in [6, 6.07) is 5.21. The number of sulfonamides is 1. The van der Waals surface area contributed by atoms with Gasteiger partial charge in [0.1, 0.15) is 0 Å². The van der Waals surface area contributed by atoms with Gasteiger partial charge in [-0.05, 0) is 36.8 Å². The van der Waals surface area contributed by atoms with Crippen LogP contribution in [0, 0.1) is 0 Å². The number of rotatable bonds is 8. The summed E-state index contributed by atoms with van der Waals surface area (Å²) in [6.07, 6.45) is 0.953. The Morgan fingerprint density at radius 2 is 1.89 bits per heavy atom. The number of nitrogens with one attached hydrogen (secondary N) is 2. The zero-order valence-corrected chi connectivity index (χ0v) is 18.0. The number of morpholine rings is 1. The van der Waals surface area contributed by atoms with Gasteiger partial charge in [0.2, 0.25) is 10.0 Å². The van der Waals surface area contributed by atoms with E-state index in [-0.39, 0.29) is 4.90 Å². The van der Waals surface area contributed by atoms with E-state index in [0.29, 0.717) is 37.1 Å². The molecule has 0 aromatic heterocycles. The summed E-state index contributed by atoms with van der Waals surface area (Å²) < 4.78 is 32.7. The third kappa shape index (κ3) is 5.54. The minimum atomic E-state index is -3.54. The smallest absolute Gasteiger partial charge is 0.243 e. The molecule has 0 saturated carbocycles. The molecule has 0 aliphatic carbocycles. The second-order valence-corrected chi connectivity index (χ2v) is 8.59. The van der Waals surface area contributed by atoms with E-state index in [1.807, 2.05) is 19.9 Å². The minimum Gasteiger partial charge on any atom is -0.378 e. The molecule has 1 aliphatic heterocycles. The Morgan fingerprint density at radius 3 is 2.48 bits per heavy atom. The van der Waals surface area contributed by atoms with Crippen LogP contribution in [0.25, 0.3) is 0 Å². The van der Waals surface area contributed by atoms with E-state index in [9.17, 15) is 8.42 Å². The van der Waals surface area contributed by atoms with Gasteiger partial charge < -0.3 is 20.3 Å². The fourth-order valence-corrected chi connectivity index (χ4v) is 4.67. The first-order valence-corrected chi connectivity index (χ1v) is 11.3. The fraction of sp³-hybridized carbons (Fsp3) is 0.611. The van der Waals surface area contributed by atoms with Crippen molar-refractivity contribution in [2.45, 2.75) is 32.1 Å². The molecule has 27 heavy (non-hydrogen) atoms. The van der Waals surface area contributed by atoms with Gasteiger partial charge in [-0.2, -0.15) is 4.31 Å². The number of nitrogens with zero attached hydrogens (tertiary/aromatic N) is 2. The summed E-state index contributed by atoms with van der Waals surface area (Å²) in [5.41, 5.74) is 1.62. The largest absolute Gasteiger partial charge is 0.378 e. The Bertz CT molecular complexity index is 730. The lowest BCUT2D eigenvalue weighted by Gasteiger charge is -2.31. The lowest BCUT2D eigenvalue weighted by Crippen LogP contribution is -2.37. The molecule has 1 saturated heterocycles. The molecule has 9 heteroatoms. The molecule has 0 spiro atoms. The third-order valence-electron chi connectivity index (χ3n) is 4.45. The first-order valence-electron chi connectivity index (χ1n) is 9.45. The van der Waals surface area contributed by atoms with Crippen LogP contribution >= 0.6 is 12.2 Å². The van der Waals surface area contributed by atoms with E-state index in [1.54, 1.807) is 12.1 Å². The third-order valence-corrected chi connectivity index (χ3v) is 6.74. The number of ether oxygens (including phenoxy) is 1. The highest BCUT2D eigenvalue weighted by Crippen LogP contribution is 2.30. The van der Waals surface area contributed by atoms with Gasteiger partial charge in [0, 0.05) is 32.7 Å². The number of thiocarbonyl (C=S) groups is 1. The van der Waals surface area contributed by atoms with E-state index in [2.05, 4.69) is 22.5 Å². The molecule has 2 rings (SSSR count). The van der Waals surface area contributed by atoms with E-state index in [4.69, 9.17) is 17.0 Å². The maximum atomic E-state index is 12.9. The van der Waals surface area contributed by atoms with Crippen molar-refractivity contribution in [3.8, 4) is 0 Å². The zero-order valence-electron chi connectivity index (χ0n) is 16.3. The normalized spacial score (nSPS) is 15.0. The highest BCUT2D eigenvalue weighted by molar-refractivity contribution is 7.89. The van der Waals surface area contributed by atoms with Gasteiger partial charge in [-0.25, -0.2) is 8.42 Å². The Hall–Kier alpha value is -1.42. The van der Waals surface area contributed by atoms with Crippen molar-refractivity contribution in [3.63, 3.8) is 0 Å². The van der Waals surface area contributed by atoms with Crippen molar-refractivity contribution in [1.29, 1.82) is 0 Å². The molecule has 0 bridgehead atoms. The van der Waals surface area contributed by atoms with Gasteiger partial charge in [-0.1, -0.05) is 20.8 Å². The predicted molar refractivity (Wildman–Crippen MR) is 114 cm³/mol. The van der Waals surface area contributed by atoms with Crippen molar-refractivity contribution in [2.24, 2.45) is 0 Å². The van der Waals surface area contributed by atoms with Crippen LogP contribution in [0.1, 0.15) is 27.2 Å². The Balaban J connectivity index is 2.38. The van der Waals surface area contributed by atoms with E-state index >= 15 is 0 Å². The van der Waals surface area contributed by atoms with Gasteiger partial charge >= 0.3 is 0 Å². The molecular formula is C18H30N4O3S2. The molecule has 1 fully saturated rings. The van der Waals surface area contributed by atoms with E-state index < -0.39 is 10.0 Å². The summed E-state index contributed by atoms with van der Waals surface area (Å²) in [7, 11) is -3.54. The van der Waals surface area contributed by atoms with E-state index in [0.717, 1.165) is 31.7 Å². The second-order valence-electron chi connectivity index (χ2n) is 6.25. The topological polar surface area (TPSA) is 73.9 Å². The van der Waals surface area contributed by atoms with Crippen LogP contribution in [0.15, 0.2) is 23.1 Å². The number of benzene rings is 1. The first kappa shape index (κ1) is 21.9. The van der Waals surface area contributed by atoms with Crippen LogP contribution in [-0.4, -0.2) is 63.8 Å². The maximum Gasteiger partial charge on any atom is 0.243 e. The van der Waals surface area contributed by atoms with Gasteiger partial charge in [0.15, 0.2) is 5.11 Å². The van der Waals surface area contributed by atoms with E-state index in [1.165, 1.54) is 4.31 Å². The molecule has 152 valence electrons. The Morgan fingerprint density at radius 1 is 1.22 bits per heavy atom. The summed E-state index contributed by atoms with van der Waals surface area (Å²) in [4.78, 5) is 2.45. The summed E-state index contributed by atoms with van der Waals surface area (Å²) in [6.45, 7) is 10.2. The predicted octanol–water partition coefficient (Wildman–Crippen LogP) is 2.25. The van der Waals surface area contributed by atoms with Crippen LogP contribution < -0.4 is 15.5 Å². The maximum absolute atomic E-state index is 12.9. The number of hydrogen-bond acceptors (Lipinski definition) is 5. The van der Waals surface area contributed by atoms with Crippen LogP contribution in [0.4, 0.5) is 11.4 Å². The van der Waals surface area contributed by atoms with Crippen molar-refractivity contribution >= 4 is 38.7 Å². The fourth-order valence-electron chi connectivity index (χ4n) is 2.97. The van der Waals surface area contributed by atoms with Crippen LogP contribution in [0.5, 0.6) is 0 Å². The summed E-state index contributed by atoms with van der Waals surface area (Å²) in [5, 5.41) is 6.81. The number of anilines is 2. The summed E-state index contributed by atoms with van der Waals surface area (Å²) in [5.74, 6) is 0. The lowest BCUT2D eigenvalue weighted by atomic mass is 10.2. The molecule has 2 N–H and O–H groups in total. The van der Waals surface area contributed by atoms with Crippen LogP contribution in [0.3, 0.4) is 0 Å². The summed E-state index contributed by atoms with van der Waals surface area (Å²) >= 11 is 5.37. The van der Waals surface area contributed by atoms with Gasteiger partial charge in [-0.15, -0.1) is 0 Å². The zero-order chi connectivity index (χ0) is 19.9. The first-order chi connectivity index (χ1) is 12.9. The second kappa shape index (κ2) is 10.2. The standard InChI is InChI=1S/C18H30N4O3S2/c1-4-9-19-18(26)20-16-14-15(27(23,24)22(5-2)6-3)7-8-17(16)21-10-12-25-13-11-21/h7-8,14H,4-6,9-13H2,1-3H3,(H2,19,20,26). The Labute approximate surface area is 168 Å². The van der Waals surface area contributed by atoms with Gasteiger partial charge in [-0.3, -0.25) is 0 Å². The van der Waals surface area contributed by atoms with Gasteiger partial charge in [0.25, 0.3) is 0 Å². The number of hydrogen-bond donors (Lipinski definition) is 2. The lowest BCUT2D eigenvalue weighted by molar-refractivity contribution is 0.123. The molecule has 7 nitrogen and oxygen atoms in total. The SMILES string of the molecule is CCCNC(=S)Nc1cc(S(=O)(=O)N(CC)CC)ccc1N1CCOCC1. The highest BCUT2D eigenvalue weighted by Gasteiger charge is 2.24. The van der Waals surface area contributed by atoms with Crippen molar-refractivity contribution in [3.05, 3.63) is 18.2 Å². The quantitative estimate of drug-likeness (QED) is 0.632. The average molecular weight is 415 g/mol. The molecule has 1 aromatic carbocycles. The molecule has 0 amide bonds. The molecule has 0 radical (unpaired) electrons. The van der Waals surface area contributed by atoms with Gasteiger partial charge in [0.05, 0.1) is 29.5 Å². The monoisotopic (exact) mass is 414 g/mol. The molecule has 0 unspecified atom stereocenters. The molecular weight excluding hydrogens is 384 g/mol. The highest BCUT2D eigenvalue weighted by atomic mass is 32.2. The average Bonchev–Trinajstić information content (AvgIpc) is 2.67. The molecule has 1 aliphatic rings. The van der Waals surface area contributed by atoms with Crippen LogP contribution in [-0.2, 0) is 14.8 Å². The molecule has 1 heterocycles. The van der Waals surface area contributed by atoms with Crippen molar-refractivity contribution < 1.29 is 13.2 Å². The minimum absolute atomic E-state index is 0.268. The Kier molecular flexibility index (Phi) is 8.28. The van der Waals surface area contributed by atoms with Crippen LogP contribution in [0.2, 0.25) is 0 Å². The molecule has 1 aromatic rings. The van der Waals surface area contributed by atoms with Crippen molar-refractivity contribution in [2.75, 3.05) is 56.2 Å². The molecule has 0 atom stereocenters. The van der Waals surface area contributed by atoms with Crippen molar-refractivity contribution in [1.82, 2.24) is 9.62 Å².